The Morgan fingerprint density at radius 3 is 2.00 bits per heavy atom. The fourth-order valence-corrected chi connectivity index (χ4v) is 12.2. The number of pyridine rings is 1. The molecule has 0 saturated heterocycles. The van der Waals surface area contributed by atoms with Crippen LogP contribution in [-0.2, 0) is 14.3 Å². The quantitative estimate of drug-likeness (QED) is 0.106. The van der Waals surface area contributed by atoms with Crippen LogP contribution >= 0.6 is 68.0 Å². The van der Waals surface area contributed by atoms with Crippen LogP contribution in [0.2, 0.25) is 0 Å². The van der Waals surface area contributed by atoms with Crippen molar-refractivity contribution in [1.29, 1.82) is 0 Å². The lowest BCUT2D eigenvalue weighted by molar-refractivity contribution is -0.122. The van der Waals surface area contributed by atoms with Crippen molar-refractivity contribution in [3.05, 3.63) is 81.7 Å². The van der Waals surface area contributed by atoms with E-state index in [9.17, 15) is 28.8 Å². The van der Waals surface area contributed by atoms with E-state index in [1.807, 2.05) is 38.5 Å². The molecule has 352 valence electrons. The van der Waals surface area contributed by atoms with Crippen LogP contribution in [0.15, 0.2) is 39.0 Å². The zero-order valence-electron chi connectivity index (χ0n) is 37.3. The van der Waals surface area contributed by atoms with Gasteiger partial charge in [-0.15, -0.1) is 68.0 Å². The number of nitrogens with one attached hydrogen (secondary N) is 5. The zero-order chi connectivity index (χ0) is 48.4. The summed E-state index contributed by atoms with van der Waals surface area (Å²) in [6.07, 6.45) is -0.178. The normalized spacial score (nSPS) is 17.0. The summed E-state index contributed by atoms with van der Waals surface area (Å²) in [5, 5.41) is 25.6. The van der Waals surface area contributed by atoms with Gasteiger partial charge in [0.2, 0.25) is 11.8 Å². The van der Waals surface area contributed by atoms with Crippen molar-refractivity contribution >= 4 is 104 Å². The van der Waals surface area contributed by atoms with Crippen molar-refractivity contribution in [3.63, 3.8) is 0 Å². The number of nitrogens with zero attached hydrogens (tertiary/aromatic N) is 7. The van der Waals surface area contributed by atoms with Gasteiger partial charge >= 0.3 is 5.97 Å². The Labute approximate surface area is 412 Å². The molecular formula is C43H42N12O7S6. The molecule has 0 saturated carbocycles. The summed E-state index contributed by atoms with van der Waals surface area (Å²) in [5.41, 5.74) is 2.89. The van der Waals surface area contributed by atoms with Crippen LogP contribution in [0.1, 0.15) is 114 Å². The molecule has 19 nitrogen and oxygen atoms in total. The molecule has 8 rings (SSSR count). The Kier molecular flexibility index (Phi) is 14.6. The van der Waals surface area contributed by atoms with Gasteiger partial charge in [-0.1, -0.05) is 27.7 Å². The first-order valence-corrected chi connectivity index (χ1v) is 26.1. The molecule has 5 N–H and O–H groups in total. The number of hydrogen-bond donors (Lipinski definition) is 5. The maximum absolute atomic E-state index is 14.1. The highest BCUT2D eigenvalue weighted by Crippen LogP contribution is 2.39. The highest BCUT2D eigenvalue weighted by atomic mass is 32.1. The van der Waals surface area contributed by atoms with Crippen molar-refractivity contribution in [2.24, 2.45) is 11.8 Å². The molecule has 0 aliphatic carbocycles. The lowest BCUT2D eigenvalue weighted by atomic mass is 10.0. The lowest BCUT2D eigenvalue weighted by Crippen LogP contribution is -2.40. The lowest BCUT2D eigenvalue weighted by Gasteiger charge is -2.20. The highest BCUT2D eigenvalue weighted by molar-refractivity contribution is 7.15. The Morgan fingerprint density at radius 2 is 1.28 bits per heavy atom. The first-order chi connectivity index (χ1) is 32.6. The molecule has 5 amide bonds. The summed E-state index contributed by atoms with van der Waals surface area (Å²) in [7, 11) is 2.76. The van der Waals surface area contributed by atoms with E-state index < -0.39 is 47.7 Å². The summed E-state index contributed by atoms with van der Waals surface area (Å²) < 4.78 is 4.86. The first-order valence-electron chi connectivity index (χ1n) is 20.9. The largest absolute Gasteiger partial charge is 0.464 e. The summed E-state index contributed by atoms with van der Waals surface area (Å²) in [5.74, 6) is -3.25. The van der Waals surface area contributed by atoms with E-state index in [0.717, 1.165) is 0 Å². The van der Waals surface area contributed by atoms with Crippen LogP contribution < -0.4 is 26.6 Å². The molecule has 3 atom stereocenters. The number of carbonyl (C=O) groups excluding carboxylic acids is 6. The van der Waals surface area contributed by atoms with Crippen molar-refractivity contribution in [3.8, 4) is 43.4 Å². The first kappa shape index (κ1) is 48.2. The minimum Gasteiger partial charge on any atom is -0.464 e. The van der Waals surface area contributed by atoms with Gasteiger partial charge in [0.25, 0.3) is 17.7 Å². The van der Waals surface area contributed by atoms with Crippen LogP contribution in [0.4, 0.5) is 0 Å². The van der Waals surface area contributed by atoms with E-state index in [1.165, 1.54) is 82.2 Å². The predicted octanol–water partition coefficient (Wildman–Crippen LogP) is 6.87. The van der Waals surface area contributed by atoms with Crippen molar-refractivity contribution in [2.75, 3.05) is 20.7 Å². The van der Waals surface area contributed by atoms with Crippen LogP contribution in [0.5, 0.6) is 0 Å². The SMILES string of the molecule is CNC(=O)C[C@@H]1NC(=O)c2csc(n2)-c2ccc(-c3nc(C(=O)OC)cs3)nc2-c2csc(n2)-c2csc(n2)[C@H](C(C)C)NC(=O)CNC(=O)c2csc(n2)[C@H](C(C)C)NC(=O)c2nc1sc2C. The number of amides is 5. The number of thiazole rings is 6. The molecular weight excluding hydrogens is 989 g/mol. The van der Waals surface area contributed by atoms with E-state index in [-0.39, 0.29) is 53.5 Å². The topological polar surface area (TPSA) is 262 Å². The fourth-order valence-electron chi connectivity index (χ4n) is 6.81. The van der Waals surface area contributed by atoms with Gasteiger partial charge in [0.15, 0.2) is 5.69 Å². The van der Waals surface area contributed by atoms with E-state index in [4.69, 9.17) is 24.7 Å². The molecule has 7 aromatic heterocycles. The Morgan fingerprint density at radius 1 is 0.662 bits per heavy atom. The highest BCUT2D eigenvalue weighted by Gasteiger charge is 2.30. The molecule has 0 spiro atoms. The Hall–Kier alpha value is -6.25. The molecule has 1 aliphatic heterocycles. The molecule has 1 aliphatic rings. The predicted molar refractivity (Wildman–Crippen MR) is 261 cm³/mol. The molecule has 68 heavy (non-hydrogen) atoms. The molecule has 0 radical (unpaired) electrons. The number of aryl methyl sites for hydroxylation is 1. The number of methoxy groups -OCH3 is 1. The van der Waals surface area contributed by atoms with Gasteiger partial charge in [-0.25, -0.2) is 39.7 Å². The van der Waals surface area contributed by atoms with Crippen molar-refractivity contribution < 1.29 is 33.5 Å². The van der Waals surface area contributed by atoms with Crippen molar-refractivity contribution in [1.82, 2.24) is 61.5 Å². The maximum atomic E-state index is 14.1. The average Bonchev–Trinajstić information content (AvgIpc) is 4.18. The maximum Gasteiger partial charge on any atom is 0.357 e. The number of carbonyl (C=O) groups is 6. The van der Waals surface area contributed by atoms with E-state index >= 15 is 0 Å². The second-order valence-corrected chi connectivity index (χ2v) is 21.5. The number of ether oxygens (including phenoxy) is 1. The number of esters is 1. The molecule has 0 unspecified atom stereocenters. The van der Waals surface area contributed by atoms with Crippen molar-refractivity contribution in [2.45, 2.75) is 59.2 Å². The summed E-state index contributed by atoms with van der Waals surface area (Å²) in [4.78, 5) is 114. The van der Waals surface area contributed by atoms with Crippen LogP contribution in [0.3, 0.4) is 0 Å². The van der Waals surface area contributed by atoms with E-state index in [2.05, 4.69) is 41.5 Å². The van der Waals surface area contributed by atoms with Gasteiger partial charge in [0.1, 0.15) is 64.2 Å². The smallest absolute Gasteiger partial charge is 0.357 e. The van der Waals surface area contributed by atoms with Gasteiger partial charge in [-0.2, -0.15) is 0 Å². The third-order valence-electron chi connectivity index (χ3n) is 10.4. The number of fused-ring (bicyclic) bond motifs is 14. The molecule has 0 fully saturated rings. The second kappa shape index (κ2) is 20.5. The monoisotopic (exact) mass is 1030 g/mol. The minimum absolute atomic E-state index is 0.0665. The third kappa shape index (κ3) is 10.4. The summed E-state index contributed by atoms with van der Waals surface area (Å²) in [6, 6.07) is 1.51. The molecule has 8 heterocycles. The molecule has 7 aromatic rings. The number of hydrogen-bond acceptors (Lipinski definition) is 20. The zero-order valence-corrected chi connectivity index (χ0v) is 42.2. The summed E-state index contributed by atoms with van der Waals surface area (Å²) >= 11 is 7.50. The fraction of sp³-hybridized carbons (Fsp3) is 0.326. The minimum atomic E-state index is -0.933. The van der Waals surface area contributed by atoms with Gasteiger partial charge in [-0.3, -0.25) is 24.0 Å². The number of rotatable bonds is 6. The average molecular weight is 1030 g/mol. The molecule has 10 bridgehead atoms. The Bertz CT molecular complexity index is 3060. The van der Waals surface area contributed by atoms with Gasteiger partial charge < -0.3 is 31.3 Å². The van der Waals surface area contributed by atoms with Gasteiger partial charge in [0, 0.05) is 44.4 Å². The van der Waals surface area contributed by atoms with Gasteiger partial charge in [0.05, 0.1) is 43.9 Å². The van der Waals surface area contributed by atoms with Crippen LogP contribution in [-0.4, -0.2) is 91.1 Å². The third-order valence-corrected chi connectivity index (χ3v) is 15.9. The van der Waals surface area contributed by atoms with E-state index in [1.54, 1.807) is 35.2 Å². The van der Waals surface area contributed by atoms with Crippen LogP contribution in [0.25, 0.3) is 43.4 Å². The summed E-state index contributed by atoms with van der Waals surface area (Å²) in [6.45, 7) is 9.13. The second-order valence-electron chi connectivity index (χ2n) is 15.9. The van der Waals surface area contributed by atoms with Crippen LogP contribution in [0, 0.1) is 18.8 Å². The number of aromatic nitrogens is 7. The Balaban J connectivity index is 1.20. The van der Waals surface area contributed by atoms with E-state index in [0.29, 0.717) is 63.3 Å². The molecule has 25 heteroatoms. The standard InChI is InChI=1S/C43H42N12O7S6/c1-17(2)30-41-51-26(15-67-41)39-48-23(12-64-39)33-20(8-9-21(46-33)38-52-27(16-65-38)43(61)62-7)37-49-25(14-63-37)35(59)47-22(10-28(56)44-6)40-55-32(19(5)68-40)36(60)54-31(18(3)4)42-50-24(13-66-42)34(58)45-11-29(57)53-30/h8-9,12-18,22,30-31H,10-11H2,1-7H3,(H,44,56)(H,45,58)(H,47,59)(H,53,57)(H,54,60)/t22-,30-,31-/m0/s1. The van der Waals surface area contributed by atoms with Gasteiger partial charge in [-0.05, 0) is 30.9 Å². The molecule has 0 aromatic carbocycles.